The monoisotopic (exact) mass is 353 g/mol. The minimum atomic E-state index is -0.0569. The quantitative estimate of drug-likeness (QED) is 0.463. The highest BCUT2D eigenvalue weighted by molar-refractivity contribution is 6.42. The van der Waals surface area contributed by atoms with Crippen LogP contribution >= 0.6 is 23.2 Å². The Morgan fingerprint density at radius 3 is 2.52 bits per heavy atom. The first kappa shape index (κ1) is 17.6. The number of benzene rings is 2. The maximum Gasteiger partial charge on any atom is 0.167 e. The van der Waals surface area contributed by atoms with Gasteiger partial charge in [0.2, 0.25) is 0 Å². The highest BCUT2D eigenvalue weighted by Gasteiger charge is 2.11. The maximum atomic E-state index is 12.3. The van der Waals surface area contributed by atoms with Crippen molar-refractivity contribution in [2.24, 2.45) is 0 Å². The molecule has 122 valence electrons. The Hall–Kier alpha value is -1.75. The van der Waals surface area contributed by atoms with E-state index in [1.807, 2.05) is 0 Å². The molecule has 0 fully saturated rings. The number of carbonyl (C=O) groups excluding carboxylic acids is 1. The van der Waals surface area contributed by atoms with Crippen LogP contribution in [0.25, 0.3) is 0 Å². The SMILES string of the molecule is COCCOc1ccc(C(=O)Cc2ccc(Cl)c(Cl)c2)cc1N. The molecule has 0 aliphatic carbocycles. The lowest BCUT2D eigenvalue weighted by atomic mass is 10.0. The second-order valence-corrected chi connectivity index (χ2v) is 5.76. The third-order valence-corrected chi connectivity index (χ3v) is 3.96. The van der Waals surface area contributed by atoms with E-state index in [0.29, 0.717) is 40.3 Å². The summed E-state index contributed by atoms with van der Waals surface area (Å²) in [5.74, 6) is 0.478. The van der Waals surface area contributed by atoms with Gasteiger partial charge in [0.1, 0.15) is 12.4 Å². The molecule has 0 unspecified atom stereocenters. The lowest BCUT2D eigenvalue weighted by Crippen LogP contribution is -2.08. The molecule has 0 saturated carbocycles. The van der Waals surface area contributed by atoms with E-state index >= 15 is 0 Å². The molecular formula is C17H17Cl2NO3. The van der Waals surface area contributed by atoms with Crippen molar-refractivity contribution in [2.45, 2.75) is 6.42 Å². The van der Waals surface area contributed by atoms with Gasteiger partial charge in [-0.25, -0.2) is 0 Å². The van der Waals surface area contributed by atoms with E-state index in [1.165, 1.54) is 0 Å². The van der Waals surface area contributed by atoms with Crippen LogP contribution in [-0.4, -0.2) is 26.1 Å². The molecule has 23 heavy (non-hydrogen) atoms. The van der Waals surface area contributed by atoms with Crippen LogP contribution in [-0.2, 0) is 11.2 Å². The zero-order valence-corrected chi connectivity index (χ0v) is 14.2. The summed E-state index contributed by atoms with van der Waals surface area (Å²) in [6, 6.07) is 10.1. The van der Waals surface area contributed by atoms with Crippen LogP contribution < -0.4 is 10.5 Å². The van der Waals surface area contributed by atoms with Crippen LogP contribution in [0.3, 0.4) is 0 Å². The van der Waals surface area contributed by atoms with E-state index in [0.717, 1.165) is 5.56 Å². The number of anilines is 1. The van der Waals surface area contributed by atoms with Gasteiger partial charge >= 0.3 is 0 Å². The Kier molecular flexibility index (Phi) is 6.28. The number of hydrogen-bond donors (Lipinski definition) is 1. The second kappa shape index (κ2) is 8.20. The number of halogens is 2. The number of methoxy groups -OCH3 is 1. The van der Waals surface area contributed by atoms with E-state index in [9.17, 15) is 4.79 Å². The summed E-state index contributed by atoms with van der Waals surface area (Å²) in [6.07, 6.45) is 0.222. The van der Waals surface area contributed by atoms with Crippen LogP contribution in [0.15, 0.2) is 36.4 Å². The Morgan fingerprint density at radius 1 is 1.09 bits per heavy atom. The highest BCUT2D eigenvalue weighted by Crippen LogP contribution is 2.25. The minimum Gasteiger partial charge on any atom is -0.489 e. The van der Waals surface area contributed by atoms with Crippen LogP contribution in [0.4, 0.5) is 5.69 Å². The van der Waals surface area contributed by atoms with Crippen molar-refractivity contribution >= 4 is 34.7 Å². The number of ether oxygens (including phenoxy) is 2. The van der Waals surface area contributed by atoms with Crippen molar-refractivity contribution in [3.05, 3.63) is 57.6 Å². The molecule has 0 spiro atoms. The van der Waals surface area contributed by atoms with Gasteiger partial charge in [-0.3, -0.25) is 4.79 Å². The van der Waals surface area contributed by atoms with Crippen LogP contribution in [0.2, 0.25) is 10.0 Å². The van der Waals surface area contributed by atoms with Crippen molar-refractivity contribution in [1.29, 1.82) is 0 Å². The lowest BCUT2D eigenvalue weighted by Gasteiger charge is -2.10. The van der Waals surface area contributed by atoms with E-state index in [1.54, 1.807) is 43.5 Å². The van der Waals surface area contributed by atoms with Gasteiger partial charge in [-0.05, 0) is 35.9 Å². The first-order valence-electron chi connectivity index (χ1n) is 6.99. The summed E-state index contributed by atoms with van der Waals surface area (Å²) >= 11 is 11.8. The molecule has 0 saturated heterocycles. The average molecular weight is 354 g/mol. The molecule has 0 radical (unpaired) electrons. The van der Waals surface area contributed by atoms with E-state index in [4.69, 9.17) is 38.4 Å². The van der Waals surface area contributed by atoms with Gasteiger partial charge in [0.25, 0.3) is 0 Å². The molecule has 0 heterocycles. The lowest BCUT2D eigenvalue weighted by molar-refractivity contribution is 0.0993. The number of carbonyl (C=O) groups is 1. The van der Waals surface area contributed by atoms with E-state index < -0.39 is 0 Å². The summed E-state index contributed by atoms with van der Waals surface area (Å²) < 4.78 is 10.4. The topological polar surface area (TPSA) is 61.5 Å². The van der Waals surface area contributed by atoms with Crippen molar-refractivity contribution in [2.75, 3.05) is 26.1 Å². The molecule has 0 aliphatic rings. The van der Waals surface area contributed by atoms with E-state index in [-0.39, 0.29) is 12.2 Å². The smallest absolute Gasteiger partial charge is 0.167 e. The fourth-order valence-corrected chi connectivity index (χ4v) is 2.35. The van der Waals surface area contributed by atoms with Gasteiger partial charge in [-0.1, -0.05) is 29.3 Å². The second-order valence-electron chi connectivity index (χ2n) is 4.94. The van der Waals surface area contributed by atoms with Crippen LogP contribution in [0.5, 0.6) is 5.75 Å². The first-order valence-corrected chi connectivity index (χ1v) is 7.75. The molecule has 0 bridgehead atoms. The normalized spacial score (nSPS) is 10.6. The molecule has 2 aromatic rings. The number of hydrogen-bond acceptors (Lipinski definition) is 4. The Morgan fingerprint density at radius 2 is 1.87 bits per heavy atom. The zero-order valence-electron chi connectivity index (χ0n) is 12.6. The molecular weight excluding hydrogens is 337 g/mol. The molecule has 2 rings (SSSR count). The maximum absolute atomic E-state index is 12.3. The number of nitrogen functional groups attached to an aromatic ring is 1. The molecule has 0 amide bonds. The van der Waals surface area contributed by atoms with Gasteiger partial charge < -0.3 is 15.2 Å². The van der Waals surface area contributed by atoms with Gasteiger partial charge in [0, 0.05) is 19.1 Å². The van der Waals surface area contributed by atoms with Crippen LogP contribution in [0.1, 0.15) is 15.9 Å². The standard InChI is InChI=1S/C17H17Cl2NO3/c1-22-6-7-23-17-5-3-12(10-15(17)20)16(21)9-11-2-4-13(18)14(19)8-11/h2-5,8,10H,6-7,9,20H2,1H3. The zero-order chi connectivity index (χ0) is 16.8. The number of nitrogens with two attached hydrogens (primary N) is 1. The molecule has 2 aromatic carbocycles. The predicted octanol–water partition coefficient (Wildman–Crippen LogP) is 4.03. The first-order chi connectivity index (χ1) is 11.0. The van der Waals surface area contributed by atoms with Crippen molar-refractivity contribution < 1.29 is 14.3 Å². The minimum absolute atomic E-state index is 0.0569. The number of Topliss-reactive ketones (excluding diaryl/α,β-unsaturated/α-hetero) is 1. The van der Waals surface area contributed by atoms with Crippen LogP contribution in [0, 0.1) is 0 Å². The Labute approximate surface area is 145 Å². The summed E-state index contributed by atoms with van der Waals surface area (Å²) in [7, 11) is 1.59. The summed E-state index contributed by atoms with van der Waals surface area (Å²) in [6.45, 7) is 0.870. The largest absolute Gasteiger partial charge is 0.489 e. The molecule has 2 N–H and O–H groups in total. The highest BCUT2D eigenvalue weighted by atomic mass is 35.5. The average Bonchev–Trinajstić information content (AvgIpc) is 2.52. The third-order valence-electron chi connectivity index (χ3n) is 3.23. The Bertz CT molecular complexity index is 704. The Balaban J connectivity index is 2.07. The number of ketones is 1. The summed E-state index contributed by atoms with van der Waals surface area (Å²) in [5.41, 5.74) is 7.66. The van der Waals surface area contributed by atoms with E-state index in [2.05, 4.69) is 0 Å². The van der Waals surface area contributed by atoms with Crippen molar-refractivity contribution in [1.82, 2.24) is 0 Å². The predicted molar refractivity (Wildman–Crippen MR) is 92.7 cm³/mol. The van der Waals surface area contributed by atoms with Gasteiger partial charge in [-0.2, -0.15) is 0 Å². The summed E-state index contributed by atoms with van der Waals surface area (Å²) in [4.78, 5) is 12.3. The molecule has 0 atom stereocenters. The third kappa shape index (κ3) is 4.86. The van der Waals surface area contributed by atoms with Crippen molar-refractivity contribution in [3.63, 3.8) is 0 Å². The molecule has 0 aliphatic heterocycles. The molecule has 6 heteroatoms. The van der Waals surface area contributed by atoms with Crippen molar-refractivity contribution in [3.8, 4) is 5.75 Å². The fourth-order valence-electron chi connectivity index (χ4n) is 2.03. The molecule has 0 aromatic heterocycles. The van der Waals surface area contributed by atoms with Gasteiger partial charge in [0.05, 0.1) is 22.3 Å². The molecule has 4 nitrogen and oxygen atoms in total. The number of rotatable bonds is 7. The van der Waals surface area contributed by atoms with Gasteiger partial charge in [0.15, 0.2) is 5.78 Å². The fraction of sp³-hybridized carbons (Fsp3) is 0.235. The summed E-state index contributed by atoms with van der Waals surface area (Å²) in [5, 5.41) is 0.892. The van der Waals surface area contributed by atoms with Gasteiger partial charge in [-0.15, -0.1) is 0 Å².